The summed E-state index contributed by atoms with van der Waals surface area (Å²) in [6.45, 7) is 2.05. The molecule has 106 valence electrons. The Morgan fingerprint density at radius 1 is 1.05 bits per heavy atom. The predicted octanol–water partition coefficient (Wildman–Crippen LogP) is 2.95. The Balaban J connectivity index is 2.19. The second-order valence-electron chi connectivity index (χ2n) is 4.57. The van der Waals surface area contributed by atoms with E-state index >= 15 is 0 Å². The highest BCUT2D eigenvalue weighted by molar-refractivity contribution is 5.32. The van der Waals surface area contributed by atoms with Crippen LogP contribution in [0, 0.1) is 0 Å². The first-order valence-electron chi connectivity index (χ1n) is 6.70. The van der Waals surface area contributed by atoms with Crippen LogP contribution in [0.2, 0.25) is 0 Å². The van der Waals surface area contributed by atoms with E-state index in [1.54, 1.807) is 19.5 Å². The van der Waals surface area contributed by atoms with Gasteiger partial charge in [-0.2, -0.15) is 0 Å². The molecule has 0 aliphatic heterocycles. The third-order valence-corrected chi connectivity index (χ3v) is 3.22. The highest BCUT2D eigenvalue weighted by Crippen LogP contribution is 2.26. The van der Waals surface area contributed by atoms with Crippen LogP contribution < -0.4 is 15.2 Å². The van der Waals surface area contributed by atoms with E-state index in [0.717, 1.165) is 23.5 Å². The summed E-state index contributed by atoms with van der Waals surface area (Å²) in [6, 6.07) is 11.3. The SMILES string of the molecule is CCC(N)C(Oc1ccc(OC)cc1)c1ccncc1. The van der Waals surface area contributed by atoms with Gasteiger partial charge in [-0.05, 0) is 48.4 Å². The number of aromatic nitrogens is 1. The van der Waals surface area contributed by atoms with Gasteiger partial charge in [0, 0.05) is 18.4 Å². The van der Waals surface area contributed by atoms with Crippen LogP contribution in [0.1, 0.15) is 25.0 Å². The second kappa shape index (κ2) is 6.91. The van der Waals surface area contributed by atoms with Gasteiger partial charge in [0.2, 0.25) is 0 Å². The van der Waals surface area contributed by atoms with Gasteiger partial charge < -0.3 is 15.2 Å². The molecule has 0 aliphatic carbocycles. The molecule has 1 aromatic heterocycles. The lowest BCUT2D eigenvalue weighted by atomic mass is 10.0. The topological polar surface area (TPSA) is 57.4 Å². The number of methoxy groups -OCH3 is 1. The summed E-state index contributed by atoms with van der Waals surface area (Å²) in [5.41, 5.74) is 7.22. The van der Waals surface area contributed by atoms with Crippen molar-refractivity contribution < 1.29 is 9.47 Å². The van der Waals surface area contributed by atoms with Crippen molar-refractivity contribution in [2.24, 2.45) is 5.73 Å². The van der Waals surface area contributed by atoms with Crippen molar-refractivity contribution in [2.45, 2.75) is 25.5 Å². The molecule has 0 radical (unpaired) electrons. The molecule has 0 spiro atoms. The number of nitrogens with two attached hydrogens (primary N) is 1. The van der Waals surface area contributed by atoms with Crippen LogP contribution in [0.25, 0.3) is 0 Å². The van der Waals surface area contributed by atoms with Crippen LogP contribution in [0.15, 0.2) is 48.8 Å². The van der Waals surface area contributed by atoms with E-state index in [1.165, 1.54) is 0 Å². The maximum atomic E-state index is 6.18. The average molecular weight is 272 g/mol. The van der Waals surface area contributed by atoms with Crippen LogP contribution in [0.3, 0.4) is 0 Å². The smallest absolute Gasteiger partial charge is 0.139 e. The third kappa shape index (κ3) is 3.48. The summed E-state index contributed by atoms with van der Waals surface area (Å²) in [7, 11) is 1.64. The van der Waals surface area contributed by atoms with Crippen molar-refractivity contribution >= 4 is 0 Å². The Kier molecular flexibility index (Phi) is 4.96. The zero-order valence-corrected chi connectivity index (χ0v) is 11.8. The molecule has 1 aromatic carbocycles. The van der Waals surface area contributed by atoms with Crippen molar-refractivity contribution in [3.05, 3.63) is 54.4 Å². The molecule has 4 nitrogen and oxygen atoms in total. The van der Waals surface area contributed by atoms with Crippen molar-refractivity contribution in [3.63, 3.8) is 0 Å². The minimum atomic E-state index is -0.184. The summed E-state index contributed by atoms with van der Waals surface area (Å²) < 4.78 is 11.2. The first-order chi connectivity index (χ1) is 9.74. The van der Waals surface area contributed by atoms with Crippen LogP contribution in [-0.4, -0.2) is 18.1 Å². The number of benzene rings is 1. The van der Waals surface area contributed by atoms with Gasteiger partial charge in [0.05, 0.1) is 7.11 Å². The van der Waals surface area contributed by atoms with Crippen molar-refractivity contribution in [1.82, 2.24) is 4.98 Å². The van der Waals surface area contributed by atoms with Crippen molar-refractivity contribution in [2.75, 3.05) is 7.11 Å². The highest BCUT2D eigenvalue weighted by Gasteiger charge is 2.20. The molecule has 0 amide bonds. The highest BCUT2D eigenvalue weighted by atomic mass is 16.5. The fraction of sp³-hybridized carbons (Fsp3) is 0.312. The lowest BCUT2D eigenvalue weighted by molar-refractivity contribution is 0.171. The molecule has 20 heavy (non-hydrogen) atoms. The van der Waals surface area contributed by atoms with Gasteiger partial charge in [0.1, 0.15) is 17.6 Å². The fourth-order valence-corrected chi connectivity index (χ4v) is 1.97. The number of hydrogen-bond acceptors (Lipinski definition) is 4. The Labute approximate surface area is 119 Å². The third-order valence-electron chi connectivity index (χ3n) is 3.22. The van der Waals surface area contributed by atoms with Gasteiger partial charge in [-0.1, -0.05) is 6.92 Å². The van der Waals surface area contributed by atoms with Gasteiger partial charge in [-0.15, -0.1) is 0 Å². The summed E-state index contributed by atoms with van der Waals surface area (Å²) in [6.07, 6.45) is 4.16. The van der Waals surface area contributed by atoms with Gasteiger partial charge in [-0.25, -0.2) is 0 Å². The minimum absolute atomic E-state index is 0.0699. The molecule has 0 saturated carbocycles. The Bertz CT molecular complexity index is 514. The average Bonchev–Trinajstić information content (AvgIpc) is 2.53. The summed E-state index contributed by atoms with van der Waals surface area (Å²) >= 11 is 0. The van der Waals surface area contributed by atoms with Crippen LogP contribution in [0.4, 0.5) is 0 Å². The van der Waals surface area contributed by atoms with E-state index in [-0.39, 0.29) is 12.1 Å². The largest absolute Gasteiger partial charge is 0.497 e. The monoisotopic (exact) mass is 272 g/mol. The quantitative estimate of drug-likeness (QED) is 0.878. The van der Waals surface area contributed by atoms with Gasteiger partial charge in [0.15, 0.2) is 0 Å². The molecular formula is C16H20N2O2. The first-order valence-corrected chi connectivity index (χ1v) is 6.70. The summed E-state index contributed by atoms with van der Waals surface area (Å²) in [5.74, 6) is 1.58. The van der Waals surface area contributed by atoms with E-state index in [9.17, 15) is 0 Å². The minimum Gasteiger partial charge on any atom is -0.497 e. The lowest BCUT2D eigenvalue weighted by Crippen LogP contribution is -2.31. The molecular weight excluding hydrogens is 252 g/mol. The van der Waals surface area contributed by atoms with E-state index < -0.39 is 0 Å². The Morgan fingerprint density at radius 2 is 1.65 bits per heavy atom. The zero-order valence-electron chi connectivity index (χ0n) is 11.8. The van der Waals surface area contributed by atoms with E-state index in [2.05, 4.69) is 11.9 Å². The number of ether oxygens (including phenoxy) is 2. The number of pyridine rings is 1. The normalized spacial score (nSPS) is 13.6. The van der Waals surface area contributed by atoms with Gasteiger partial charge in [-0.3, -0.25) is 4.98 Å². The lowest BCUT2D eigenvalue weighted by Gasteiger charge is -2.24. The molecule has 2 N–H and O–H groups in total. The molecule has 4 heteroatoms. The van der Waals surface area contributed by atoms with Crippen LogP contribution in [0.5, 0.6) is 11.5 Å². The number of rotatable bonds is 6. The van der Waals surface area contributed by atoms with Crippen molar-refractivity contribution in [3.8, 4) is 11.5 Å². The molecule has 0 fully saturated rings. The maximum Gasteiger partial charge on any atom is 0.139 e. The number of nitrogens with zero attached hydrogens (tertiary/aromatic N) is 1. The molecule has 0 aliphatic rings. The van der Waals surface area contributed by atoms with Crippen molar-refractivity contribution in [1.29, 1.82) is 0 Å². The van der Waals surface area contributed by atoms with E-state index in [0.29, 0.717) is 0 Å². The predicted molar refractivity (Wildman–Crippen MR) is 78.9 cm³/mol. The summed E-state index contributed by atoms with van der Waals surface area (Å²) in [5, 5.41) is 0. The Hall–Kier alpha value is -2.07. The Morgan fingerprint density at radius 3 is 2.20 bits per heavy atom. The zero-order chi connectivity index (χ0) is 14.4. The maximum absolute atomic E-state index is 6.18. The molecule has 2 aromatic rings. The molecule has 2 atom stereocenters. The fourth-order valence-electron chi connectivity index (χ4n) is 1.97. The van der Waals surface area contributed by atoms with Gasteiger partial charge >= 0.3 is 0 Å². The molecule has 0 saturated heterocycles. The van der Waals surface area contributed by atoms with Crippen LogP contribution in [-0.2, 0) is 0 Å². The first kappa shape index (κ1) is 14.3. The molecule has 0 bridgehead atoms. The van der Waals surface area contributed by atoms with Gasteiger partial charge in [0.25, 0.3) is 0 Å². The van der Waals surface area contributed by atoms with E-state index in [4.69, 9.17) is 15.2 Å². The van der Waals surface area contributed by atoms with E-state index in [1.807, 2.05) is 36.4 Å². The standard InChI is InChI=1S/C16H20N2O2/c1-3-15(17)16(12-8-10-18-11-9-12)20-14-6-4-13(19-2)5-7-14/h4-11,15-16H,3,17H2,1-2H3. The summed E-state index contributed by atoms with van der Waals surface area (Å²) in [4.78, 5) is 4.03. The van der Waals surface area contributed by atoms with Crippen LogP contribution >= 0.6 is 0 Å². The molecule has 2 rings (SSSR count). The molecule has 1 heterocycles. The number of hydrogen-bond donors (Lipinski definition) is 1. The second-order valence-corrected chi connectivity index (χ2v) is 4.57. The molecule has 2 unspecified atom stereocenters.